The number of fused-ring (bicyclic) bond motifs is 1. The molecular formula is C16H32N2O2. The highest BCUT2D eigenvalue weighted by atomic mass is 16.2. The van der Waals surface area contributed by atoms with Gasteiger partial charge in [-0.05, 0) is 25.7 Å². The van der Waals surface area contributed by atoms with Crippen molar-refractivity contribution >= 4 is 0 Å². The van der Waals surface area contributed by atoms with Gasteiger partial charge in [-0.3, -0.25) is 9.36 Å². The predicted octanol–water partition coefficient (Wildman–Crippen LogP) is 3.42. The molecule has 0 saturated carbocycles. The standard InChI is InChI=1S/C9H12N2O2.C3H8.2C2H6/c1-11-8(12)6-4-2-3-5-7(6)10-9(11)13;1-3-2;2*1-2/h2-5H2,1H3,(H,10,13);3H2,1-2H3;2*1-2H3. The fraction of sp³-hybridized carbons (Fsp3) is 0.750. The molecule has 0 aliphatic heterocycles. The maximum Gasteiger partial charge on any atom is 0.328 e. The normalized spacial score (nSPS) is 11.6. The monoisotopic (exact) mass is 284 g/mol. The van der Waals surface area contributed by atoms with Crippen LogP contribution < -0.4 is 11.2 Å². The van der Waals surface area contributed by atoms with Gasteiger partial charge in [0.1, 0.15) is 0 Å². The van der Waals surface area contributed by atoms with Crippen LogP contribution in [0.15, 0.2) is 9.59 Å². The first kappa shape index (κ1) is 21.0. The van der Waals surface area contributed by atoms with E-state index in [1.54, 1.807) is 0 Å². The van der Waals surface area contributed by atoms with Crippen LogP contribution in [0.4, 0.5) is 0 Å². The largest absolute Gasteiger partial charge is 0.328 e. The van der Waals surface area contributed by atoms with Crippen molar-refractivity contribution in [3.8, 4) is 0 Å². The first-order valence-corrected chi connectivity index (χ1v) is 7.92. The molecule has 0 aromatic carbocycles. The lowest BCUT2D eigenvalue weighted by Gasteiger charge is -2.14. The third-order valence-electron chi connectivity index (χ3n) is 2.59. The SMILES string of the molecule is CC.CC.CCC.Cn1c(=O)[nH]c2c(c1=O)CCCC2. The number of nitrogens with zero attached hydrogens (tertiary/aromatic N) is 1. The highest BCUT2D eigenvalue weighted by Gasteiger charge is 2.15. The second-order valence-electron chi connectivity index (χ2n) is 4.17. The summed E-state index contributed by atoms with van der Waals surface area (Å²) >= 11 is 0. The fourth-order valence-electron chi connectivity index (χ4n) is 1.79. The Morgan fingerprint density at radius 1 is 1.00 bits per heavy atom. The van der Waals surface area contributed by atoms with Crippen LogP contribution in [0, 0.1) is 0 Å². The molecule has 2 rings (SSSR count). The van der Waals surface area contributed by atoms with Crippen molar-refractivity contribution in [2.24, 2.45) is 7.05 Å². The van der Waals surface area contributed by atoms with E-state index in [4.69, 9.17) is 0 Å². The first-order chi connectivity index (χ1) is 9.61. The van der Waals surface area contributed by atoms with E-state index in [2.05, 4.69) is 18.8 Å². The zero-order valence-electron chi connectivity index (χ0n) is 14.3. The molecule has 0 spiro atoms. The van der Waals surface area contributed by atoms with E-state index >= 15 is 0 Å². The summed E-state index contributed by atoms with van der Waals surface area (Å²) in [5.74, 6) is 0. The maximum atomic E-state index is 11.6. The van der Waals surface area contributed by atoms with E-state index in [0.717, 1.165) is 41.5 Å². The lowest BCUT2D eigenvalue weighted by Crippen LogP contribution is -2.37. The number of aromatic nitrogens is 2. The Balaban J connectivity index is 0. The summed E-state index contributed by atoms with van der Waals surface area (Å²) in [4.78, 5) is 25.5. The molecule has 0 amide bonds. The molecule has 1 heterocycles. The summed E-state index contributed by atoms with van der Waals surface area (Å²) in [5, 5.41) is 0. The lowest BCUT2D eigenvalue weighted by atomic mass is 9.97. The van der Waals surface area contributed by atoms with Gasteiger partial charge < -0.3 is 4.98 Å². The van der Waals surface area contributed by atoms with E-state index in [1.165, 1.54) is 13.5 Å². The van der Waals surface area contributed by atoms with Crippen molar-refractivity contribution < 1.29 is 0 Å². The average molecular weight is 284 g/mol. The summed E-state index contributed by atoms with van der Waals surface area (Å²) in [7, 11) is 1.51. The Morgan fingerprint density at radius 3 is 1.95 bits per heavy atom. The van der Waals surface area contributed by atoms with Crippen LogP contribution in [0.1, 0.15) is 72.1 Å². The van der Waals surface area contributed by atoms with Crippen molar-refractivity contribution in [1.29, 1.82) is 0 Å². The van der Waals surface area contributed by atoms with Crippen molar-refractivity contribution in [3.63, 3.8) is 0 Å². The van der Waals surface area contributed by atoms with Gasteiger partial charge in [-0.15, -0.1) is 0 Å². The summed E-state index contributed by atoms with van der Waals surface area (Å²) in [6, 6.07) is 0. The van der Waals surface area contributed by atoms with Crippen molar-refractivity contribution in [3.05, 3.63) is 32.1 Å². The molecule has 0 fully saturated rings. The minimum Gasteiger partial charge on any atom is -0.311 e. The number of hydrogen-bond donors (Lipinski definition) is 1. The molecule has 0 atom stereocenters. The van der Waals surface area contributed by atoms with Gasteiger partial charge in [0.25, 0.3) is 5.56 Å². The molecule has 1 N–H and O–H groups in total. The minimum atomic E-state index is -0.300. The highest BCUT2D eigenvalue weighted by Crippen LogP contribution is 2.13. The molecule has 1 aliphatic rings. The molecule has 0 bridgehead atoms. The summed E-state index contributed by atoms with van der Waals surface area (Å²) in [6.45, 7) is 12.2. The first-order valence-electron chi connectivity index (χ1n) is 7.92. The van der Waals surface area contributed by atoms with Crippen LogP contribution in [-0.4, -0.2) is 9.55 Å². The molecule has 0 unspecified atom stereocenters. The lowest BCUT2D eigenvalue weighted by molar-refractivity contribution is 0.624. The van der Waals surface area contributed by atoms with E-state index in [-0.39, 0.29) is 11.2 Å². The summed E-state index contributed by atoms with van der Waals surface area (Å²) in [6.07, 6.45) is 5.00. The molecule has 1 aromatic rings. The van der Waals surface area contributed by atoms with Crippen LogP contribution in [0.25, 0.3) is 0 Å². The van der Waals surface area contributed by atoms with Crippen molar-refractivity contribution in [1.82, 2.24) is 9.55 Å². The molecule has 0 saturated heterocycles. The minimum absolute atomic E-state index is 0.126. The second kappa shape index (κ2) is 12.7. The van der Waals surface area contributed by atoms with Gasteiger partial charge >= 0.3 is 5.69 Å². The van der Waals surface area contributed by atoms with Gasteiger partial charge in [0.05, 0.1) is 0 Å². The van der Waals surface area contributed by atoms with Crippen LogP contribution in [0.2, 0.25) is 0 Å². The molecule has 1 aromatic heterocycles. The third kappa shape index (κ3) is 6.22. The molecule has 0 radical (unpaired) electrons. The smallest absolute Gasteiger partial charge is 0.311 e. The number of hydrogen-bond acceptors (Lipinski definition) is 2. The highest BCUT2D eigenvalue weighted by molar-refractivity contribution is 5.19. The van der Waals surface area contributed by atoms with Crippen molar-refractivity contribution in [2.45, 2.75) is 73.6 Å². The Morgan fingerprint density at radius 2 is 1.45 bits per heavy atom. The number of aromatic amines is 1. The van der Waals surface area contributed by atoms with E-state index in [9.17, 15) is 9.59 Å². The Hall–Kier alpha value is -1.32. The Bertz CT molecular complexity index is 459. The maximum absolute atomic E-state index is 11.6. The quantitative estimate of drug-likeness (QED) is 0.793. The number of rotatable bonds is 0. The molecule has 4 nitrogen and oxygen atoms in total. The summed E-state index contributed by atoms with van der Waals surface area (Å²) in [5.41, 5.74) is 1.22. The zero-order valence-corrected chi connectivity index (χ0v) is 14.3. The second-order valence-corrected chi connectivity index (χ2v) is 4.17. The van der Waals surface area contributed by atoms with Crippen LogP contribution in [-0.2, 0) is 19.9 Å². The number of H-pyrrole nitrogens is 1. The van der Waals surface area contributed by atoms with Crippen LogP contribution in [0.5, 0.6) is 0 Å². The zero-order chi connectivity index (χ0) is 16.1. The van der Waals surface area contributed by atoms with Gasteiger partial charge in [0, 0.05) is 18.3 Å². The van der Waals surface area contributed by atoms with Crippen LogP contribution in [0.3, 0.4) is 0 Å². The third-order valence-corrected chi connectivity index (χ3v) is 2.59. The van der Waals surface area contributed by atoms with Crippen LogP contribution >= 0.6 is 0 Å². The fourth-order valence-corrected chi connectivity index (χ4v) is 1.79. The van der Waals surface area contributed by atoms with E-state index in [0.29, 0.717) is 0 Å². The van der Waals surface area contributed by atoms with Gasteiger partial charge in [0.2, 0.25) is 0 Å². The van der Waals surface area contributed by atoms with Gasteiger partial charge in [0.15, 0.2) is 0 Å². The van der Waals surface area contributed by atoms with Gasteiger partial charge in [-0.2, -0.15) is 0 Å². The Kier molecular flexibility index (Phi) is 13.3. The van der Waals surface area contributed by atoms with E-state index < -0.39 is 0 Å². The number of nitrogens with one attached hydrogen (secondary N) is 1. The average Bonchev–Trinajstić information content (AvgIpc) is 2.50. The van der Waals surface area contributed by atoms with Gasteiger partial charge in [-0.25, -0.2) is 4.79 Å². The molecule has 20 heavy (non-hydrogen) atoms. The van der Waals surface area contributed by atoms with E-state index in [1.807, 2.05) is 27.7 Å². The Labute approximate surface area is 123 Å². The molecule has 4 heteroatoms. The molecular weight excluding hydrogens is 252 g/mol. The number of aryl methyl sites for hydroxylation is 1. The topological polar surface area (TPSA) is 54.9 Å². The van der Waals surface area contributed by atoms with Crippen molar-refractivity contribution in [2.75, 3.05) is 0 Å². The molecule has 118 valence electrons. The predicted molar refractivity (Wildman–Crippen MR) is 87.6 cm³/mol. The van der Waals surface area contributed by atoms with Gasteiger partial charge in [-0.1, -0.05) is 48.0 Å². The summed E-state index contributed by atoms with van der Waals surface area (Å²) < 4.78 is 1.14. The molecule has 1 aliphatic carbocycles.